The maximum atomic E-state index is 8.98. The molecule has 1 aromatic heterocycles. The average Bonchev–Trinajstić information content (AvgIpc) is 2.43. The van der Waals surface area contributed by atoms with Crippen LogP contribution in [0.2, 0.25) is 0 Å². The summed E-state index contributed by atoms with van der Waals surface area (Å²) >= 11 is 0. The normalized spacial score (nSPS) is 11.8. The molecule has 0 saturated carbocycles. The van der Waals surface area contributed by atoms with E-state index < -0.39 is 0 Å². The van der Waals surface area contributed by atoms with Crippen molar-refractivity contribution in [2.24, 2.45) is 5.41 Å². The average molecular weight is 294 g/mol. The van der Waals surface area contributed by atoms with Crippen molar-refractivity contribution in [1.29, 1.82) is 0 Å². The number of aliphatic hydroxyl groups excluding tert-OH is 1. The van der Waals surface area contributed by atoms with Crippen LogP contribution in [-0.4, -0.2) is 34.8 Å². The van der Waals surface area contributed by atoms with E-state index in [1.807, 2.05) is 0 Å². The molecule has 0 amide bonds. The summed E-state index contributed by atoms with van der Waals surface area (Å²) in [7, 11) is 0. The summed E-state index contributed by atoms with van der Waals surface area (Å²) in [4.78, 5) is 8.76. The zero-order chi connectivity index (χ0) is 15.9. The van der Waals surface area contributed by atoms with Crippen LogP contribution in [0.4, 0.5) is 11.6 Å². The highest BCUT2D eigenvalue weighted by atomic mass is 16.2. The number of hydrogen-bond acceptors (Lipinski definition) is 5. The third kappa shape index (κ3) is 5.50. The minimum Gasteiger partial charge on any atom is -0.396 e. The maximum absolute atomic E-state index is 8.98. The lowest BCUT2D eigenvalue weighted by molar-refractivity contribution is 0.248. The van der Waals surface area contributed by atoms with Gasteiger partial charge in [-0.3, -0.25) is 0 Å². The Bertz CT molecular complexity index is 432. The monoisotopic (exact) mass is 294 g/mol. The molecule has 0 aromatic carbocycles. The Kier molecular flexibility index (Phi) is 6.89. The smallest absolute Gasteiger partial charge is 0.135 e. The lowest BCUT2D eigenvalue weighted by Crippen LogP contribution is -2.25. The molecule has 21 heavy (non-hydrogen) atoms. The molecule has 5 heteroatoms. The SMILES string of the molecule is CCNc1ncnc(NCC(C)(C)CCCO)c1C(C)C. The number of aliphatic hydroxyl groups is 1. The van der Waals surface area contributed by atoms with Gasteiger partial charge in [0.2, 0.25) is 0 Å². The van der Waals surface area contributed by atoms with Crippen molar-refractivity contribution in [3.63, 3.8) is 0 Å². The van der Waals surface area contributed by atoms with Gasteiger partial charge in [-0.2, -0.15) is 0 Å². The van der Waals surface area contributed by atoms with Crippen LogP contribution in [0, 0.1) is 5.41 Å². The first-order valence-electron chi connectivity index (χ1n) is 7.84. The highest BCUT2D eigenvalue weighted by Crippen LogP contribution is 2.30. The zero-order valence-electron chi connectivity index (χ0n) is 14.0. The summed E-state index contributed by atoms with van der Waals surface area (Å²) < 4.78 is 0. The van der Waals surface area contributed by atoms with E-state index >= 15 is 0 Å². The molecule has 120 valence electrons. The van der Waals surface area contributed by atoms with Crippen molar-refractivity contribution in [1.82, 2.24) is 9.97 Å². The molecule has 0 radical (unpaired) electrons. The Morgan fingerprint density at radius 3 is 2.33 bits per heavy atom. The molecule has 0 saturated heterocycles. The first-order chi connectivity index (χ1) is 9.91. The van der Waals surface area contributed by atoms with Gasteiger partial charge in [0.15, 0.2) is 0 Å². The molecule has 0 spiro atoms. The number of aromatic nitrogens is 2. The topological polar surface area (TPSA) is 70.1 Å². The molecule has 0 aliphatic rings. The molecule has 0 aliphatic heterocycles. The number of nitrogens with zero attached hydrogens (tertiary/aromatic N) is 2. The van der Waals surface area contributed by atoms with Gasteiger partial charge in [0.05, 0.1) is 0 Å². The van der Waals surface area contributed by atoms with Gasteiger partial charge in [0.1, 0.15) is 18.0 Å². The molecule has 0 bridgehead atoms. The highest BCUT2D eigenvalue weighted by molar-refractivity contribution is 5.59. The third-order valence-corrected chi connectivity index (χ3v) is 3.55. The molecular formula is C16H30N4O. The molecule has 0 atom stereocenters. The van der Waals surface area contributed by atoms with Crippen molar-refractivity contribution in [2.45, 2.75) is 53.4 Å². The van der Waals surface area contributed by atoms with Crippen LogP contribution < -0.4 is 10.6 Å². The number of nitrogens with one attached hydrogen (secondary N) is 2. The van der Waals surface area contributed by atoms with Gasteiger partial charge in [-0.15, -0.1) is 0 Å². The summed E-state index contributed by atoms with van der Waals surface area (Å²) in [5.74, 6) is 2.18. The Morgan fingerprint density at radius 1 is 1.19 bits per heavy atom. The molecular weight excluding hydrogens is 264 g/mol. The lowest BCUT2D eigenvalue weighted by Gasteiger charge is -2.26. The van der Waals surface area contributed by atoms with Gasteiger partial charge in [-0.25, -0.2) is 9.97 Å². The second kappa shape index (κ2) is 8.17. The molecule has 0 unspecified atom stereocenters. The van der Waals surface area contributed by atoms with E-state index in [0.29, 0.717) is 5.92 Å². The van der Waals surface area contributed by atoms with Crippen molar-refractivity contribution in [3.8, 4) is 0 Å². The number of hydrogen-bond donors (Lipinski definition) is 3. The Labute approximate surface area is 128 Å². The number of rotatable bonds is 9. The largest absolute Gasteiger partial charge is 0.396 e. The molecule has 1 rings (SSSR count). The summed E-state index contributed by atoms with van der Waals surface area (Å²) in [5, 5.41) is 15.8. The van der Waals surface area contributed by atoms with Crippen LogP contribution in [0.15, 0.2) is 6.33 Å². The van der Waals surface area contributed by atoms with Crippen LogP contribution in [0.3, 0.4) is 0 Å². The van der Waals surface area contributed by atoms with E-state index in [1.54, 1.807) is 6.33 Å². The van der Waals surface area contributed by atoms with Crippen LogP contribution >= 0.6 is 0 Å². The van der Waals surface area contributed by atoms with Gasteiger partial charge in [-0.05, 0) is 31.1 Å². The van der Waals surface area contributed by atoms with Crippen molar-refractivity contribution in [3.05, 3.63) is 11.9 Å². The van der Waals surface area contributed by atoms with Gasteiger partial charge < -0.3 is 15.7 Å². The Morgan fingerprint density at radius 2 is 1.81 bits per heavy atom. The summed E-state index contributed by atoms with van der Waals surface area (Å²) in [6.45, 7) is 12.7. The first-order valence-corrected chi connectivity index (χ1v) is 7.84. The van der Waals surface area contributed by atoms with E-state index in [9.17, 15) is 0 Å². The molecule has 3 N–H and O–H groups in total. The van der Waals surface area contributed by atoms with E-state index in [2.05, 4.69) is 55.2 Å². The molecule has 1 aromatic rings. The zero-order valence-corrected chi connectivity index (χ0v) is 14.0. The predicted molar refractivity (Wildman–Crippen MR) is 88.9 cm³/mol. The summed E-state index contributed by atoms with van der Waals surface area (Å²) in [5.41, 5.74) is 1.26. The second-order valence-electron chi connectivity index (χ2n) is 6.51. The number of anilines is 2. The van der Waals surface area contributed by atoms with E-state index in [1.165, 1.54) is 0 Å². The van der Waals surface area contributed by atoms with E-state index in [0.717, 1.165) is 43.1 Å². The third-order valence-electron chi connectivity index (χ3n) is 3.55. The van der Waals surface area contributed by atoms with Crippen LogP contribution in [0.25, 0.3) is 0 Å². The van der Waals surface area contributed by atoms with E-state index in [-0.39, 0.29) is 12.0 Å². The van der Waals surface area contributed by atoms with Gasteiger partial charge >= 0.3 is 0 Å². The predicted octanol–water partition coefficient (Wildman–Crippen LogP) is 3.24. The Balaban J connectivity index is 2.85. The summed E-state index contributed by atoms with van der Waals surface area (Å²) in [6, 6.07) is 0. The fourth-order valence-corrected chi connectivity index (χ4v) is 2.36. The molecule has 0 aliphatic carbocycles. The van der Waals surface area contributed by atoms with Gasteiger partial charge in [-0.1, -0.05) is 27.7 Å². The minimum absolute atomic E-state index is 0.125. The maximum Gasteiger partial charge on any atom is 0.135 e. The van der Waals surface area contributed by atoms with Crippen LogP contribution in [0.5, 0.6) is 0 Å². The van der Waals surface area contributed by atoms with Crippen LogP contribution in [0.1, 0.15) is 58.9 Å². The first kappa shape index (κ1) is 17.7. The van der Waals surface area contributed by atoms with Crippen LogP contribution in [-0.2, 0) is 0 Å². The molecule has 0 fully saturated rings. The quantitative estimate of drug-likeness (QED) is 0.652. The second-order valence-corrected chi connectivity index (χ2v) is 6.51. The minimum atomic E-state index is 0.125. The van der Waals surface area contributed by atoms with Gasteiger partial charge in [0.25, 0.3) is 0 Å². The molecule has 1 heterocycles. The standard InChI is InChI=1S/C16H30N4O/c1-6-17-14-13(12(2)3)15(20-11-19-14)18-10-16(4,5)8-7-9-21/h11-12,21H,6-10H2,1-5H3,(H2,17,18,19,20). The van der Waals surface area contributed by atoms with E-state index in [4.69, 9.17) is 5.11 Å². The van der Waals surface area contributed by atoms with Gasteiger partial charge in [0, 0.05) is 25.3 Å². The fourth-order valence-electron chi connectivity index (χ4n) is 2.36. The lowest BCUT2D eigenvalue weighted by atomic mass is 9.88. The van der Waals surface area contributed by atoms with Crippen molar-refractivity contribution >= 4 is 11.6 Å². The summed E-state index contributed by atoms with van der Waals surface area (Å²) in [6.07, 6.45) is 3.42. The van der Waals surface area contributed by atoms with Crippen molar-refractivity contribution < 1.29 is 5.11 Å². The fraction of sp³-hybridized carbons (Fsp3) is 0.750. The molecule has 5 nitrogen and oxygen atoms in total. The Hall–Kier alpha value is -1.36. The highest BCUT2D eigenvalue weighted by Gasteiger charge is 2.20. The van der Waals surface area contributed by atoms with Crippen molar-refractivity contribution in [2.75, 3.05) is 30.3 Å².